The standard InChI is InChI=1S/C17H19N3O/c1-11-8-12(2)19-16(9-11)20-17(21)15-5-3-4-13-10-18-7-6-14(13)15/h3-5,8-9,18H,6-7,10H2,1-2H3,(H,19,20,21). The molecule has 2 N–H and O–H groups in total. The number of fused-ring (bicyclic) bond motifs is 1. The topological polar surface area (TPSA) is 54.0 Å². The lowest BCUT2D eigenvalue weighted by atomic mass is 9.95. The maximum Gasteiger partial charge on any atom is 0.257 e. The molecule has 0 saturated carbocycles. The molecule has 1 aliphatic rings. The molecule has 4 heteroatoms. The van der Waals surface area contributed by atoms with E-state index in [0.717, 1.165) is 41.9 Å². The van der Waals surface area contributed by atoms with Crippen molar-refractivity contribution in [2.24, 2.45) is 0 Å². The van der Waals surface area contributed by atoms with Gasteiger partial charge in [0, 0.05) is 17.8 Å². The molecule has 1 amide bonds. The fourth-order valence-electron chi connectivity index (χ4n) is 2.83. The van der Waals surface area contributed by atoms with Crippen molar-refractivity contribution in [3.05, 3.63) is 58.3 Å². The molecule has 108 valence electrons. The van der Waals surface area contributed by atoms with Crippen LogP contribution in [0.4, 0.5) is 5.82 Å². The number of benzene rings is 1. The number of aromatic nitrogens is 1. The van der Waals surface area contributed by atoms with Crippen LogP contribution in [0.15, 0.2) is 30.3 Å². The zero-order chi connectivity index (χ0) is 14.8. The molecule has 0 radical (unpaired) electrons. The van der Waals surface area contributed by atoms with E-state index in [0.29, 0.717) is 5.82 Å². The van der Waals surface area contributed by atoms with Crippen LogP contribution < -0.4 is 10.6 Å². The molecule has 0 spiro atoms. The molecule has 0 aliphatic carbocycles. The Morgan fingerprint density at radius 3 is 2.95 bits per heavy atom. The van der Waals surface area contributed by atoms with E-state index in [9.17, 15) is 4.79 Å². The molecule has 1 aliphatic heterocycles. The second-order valence-electron chi connectivity index (χ2n) is 5.50. The second kappa shape index (κ2) is 5.66. The van der Waals surface area contributed by atoms with E-state index < -0.39 is 0 Å². The zero-order valence-corrected chi connectivity index (χ0v) is 12.4. The molecule has 4 nitrogen and oxygen atoms in total. The monoisotopic (exact) mass is 281 g/mol. The highest BCUT2D eigenvalue weighted by atomic mass is 16.1. The van der Waals surface area contributed by atoms with Gasteiger partial charge in [-0.1, -0.05) is 12.1 Å². The average Bonchev–Trinajstić information content (AvgIpc) is 2.45. The van der Waals surface area contributed by atoms with Crippen molar-refractivity contribution in [2.75, 3.05) is 11.9 Å². The third kappa shape index (κ3) is 2.95. The molecule has 0 bridgehead atoms. The van der Waals surface area contributed by atoms with Gasteiger partial charge < -0.3 is 10.6 Å². The predicted octanol–water partition coefficient (Wildman–Crippen LogP) is 2.60. The van der Waals surface area contributed by atoms with Crippen LogP contribution in [0.25, 0.3) is 0 Å². The number of anilines is 1. The van der Waals surface area contributed by atoms with Gasteiger partial charge in [-0.2, -0.15) is 0 Å². The zero-order valence-electron chi connectivity index (χ0n) is 12.4. The number of nitrogens with one attached hydrogen (secondary N) is 2. The molecule has 0 fully saturated rings. The summed E-state index contributed by atoms with van der Waals surface area (Å²) < 4.78 is 0. The average molecular weight is 281 g/mol. The van der Waals surface area contributed by atoms with Crippen molar-refractivity contribution in [1.82, 2.24) is 10.3 Å². The molecule has 2 aromatic rings. The predicted molar refractivity (Wildman–Crippen MR) is 83.5 cm³/mol. The van der Waals surface area contributed by atoms with Crippen LogP contribution in [-0.4, -0.2) is 17.4 Å². The summed E-state index contributed by atoms with van der Waals surface area (Å²) >= 11 is 0. The first-order valence-electron chi connectivity index (χ1n) is 7.21. The van der Waals surface area contributed by atoms with Gasteiger partial charge in [-0.25, -0.2) is 4.98 Å². The van der Waals surface area contributed by atoms with Crippen molar-refractivity contribution in [2.45, 2.75) is 26.8 Å². The smallest absolute Gasteiger partial charge is 0.257 e. The molecular weight excluding hydrogens is 262 g/mol. The first-order valence-corrected chi connectivity index (χ1v) is 7.21. The van der Waals surface area contributed by atoms with E-state index >= 15 is 0 Å². The first-order chi connectivity index (χ1) is 10.1. The molecular formula is C17H19N3O. The minimum Gasteiger partial charge on any atom is -0.312 e. The van der Waals surface area contributed by atoms with Gasteiger partial charge in [-0.05, 0) is 61.7 Å². The van der Waals surface area contributed by atoms with Crippen LogP contribution in [0, 0.1) is 13.8 Å². The van der Waals surface area contributed by atoms with Crippen LogP contribution in [0.5, 0.6) is 0 Å². The molecule has 0 unspecified atom stereocenters. The third-order valence-corrected chi connectivity index (χ3v) is 3.72. The van der Waals surface area contributed by atoms with Crippen LogP contribution in [0.2, 0.25) is 0 Å². The maximum absolute atomic E-state index is 12.5. The minimum atomic E-state index is -0.0775. The number of carbonyl (C=O) groups is 1. The third-order valence-electron chi connectivity index (χ3n) is 3.72. The van der Waals surface area contributed by atoms with Crippen LogP contribution in [0.1, 0.15) is 32.7 Å². The van der Waals surface area contributed by atoms with Gasteiger partial charge in [0.1, 0.15) is 5.82 Å². The van der Waals surface area contributed by atoms with Crippen LogP contribution in [0.3, 0.4) is 0 Å². The fraction of sp³-hybridized carbons (Fsp3) is 0.294. The Labute approximate surface area is 124 Å². The Kier molecular flexibility index (Phi) is 3.71. The summed E-state index contributed by atoms with van der Waals surface area (Å²) in [6.45, 7) is 5.68. The summed E-state index contributed by atoms with van der Waals surface area (Å²) in [5.74, 6) is 0.537. The van der Waals surface area contributed by atoms with Crippen molar-refractivity contribution in [3.8, 4) is 0 Å². The Balaban J connectivity index is 1.89. The van der Waals surface area contributed by atoms with E-state index in [1.165, 1.54) is 5.56 Å². The highest BCUT2D eigenvalue weighted by Crippen LogP contribution is 2.20. The molecule has 21 heavy (non-hydrogen) atoms. The van der Waals surface area contributed by atoms with Crippen molar-refractivity contribution < 1.29 is 4.79 Å². The van der Waals surface area contributed by atoms with E-state index in [1.54, 1.807) is 0 Å². The second-order valence-corrected chi connectivity index (χ2v) is 5.50. The molecule has 1 aromatic heterocycles. The van der Waals surface area contributed by atoms with E-state index in [4.69, 9.17) is 0 Å². The summed E-state index contributed by atoms with van der Waals surface area (Å²) in [6, 6.07) is 9.79. The van der Waals surface area contributed by atoms with E-state index in [2.05, 4.69) is 21.7 Å². The van der Waals surface area contributed by atoms with E-state index in [1.807, 2.05) is 38.1 Å². The minimum absolute atomic E-state index is 0.0775. The van der Waals surface area contributed by atoms with Crippen LogP contribution in [-0.2, 0) is 13.0 Å². The van der Waals surface area contributed by atoms with Gasteiger partial charge in [0.25, 0.3) is 5.91 Å². The molecule has 3 rings (SSSR count). The largest absolute Gasteiger partial charge is 0.312 e. The molecule has 2 heterocycles. The number of rotatable bonds is 2. The molecule has 0 atom stereocenters. The molecule has 1 aromatic carbocycles. The number of aryl methyl sites for hydroxylation is 2. The van der Waals surface area contributed by atoms with Gasteiger partial charge in [-0.15, -0.1) is 0 Å². The Bertz CT molecular complexity index is 674. The number of hydrogen-bond acceptors (Lipinski definition) is 3. The van der Waals surface area contributed by atoms with E-state index in [-0.39, 0.29) is 5.91 Å². The van der Waals surface area contributed by atoms with Gasteiger partial charge in [0.05, 0.1) is 0 Å². The number of pyridine rings is 1. The SMILES string of the molecule is Cc1cc(C)nc(NC(=O)c2cccc3c2CCNC3)c1. The lowest BCUT2D eigenvalue weighted by Gasteiger charge is -2.19. The number of nitrogens with zero attached hydrogens (tertiary/aromatic N) is 1. The van der Waals surface area contributed by atoms with Gasteiger partial charge >= 0.3 is 0 Å². The maximum atomic E-state index is 12.5. The molecule has 0 saturated heterocycles. The van der Waals surface area contributed by atoms with Crippen LogP contribution >= 0.6 is 0 Å². The van der Waals surface area contributed by atoms with Crippen molar-refractivity contribution in [1.29, 1.82) is 0 Å². The summed E-state index contributed by atoms with van der Waals surface area (Å²) in [5.41, 5.74) is 5.12. The van der Waals surface area contributed by atoms with Gasteiger partial charge in [-0.3, -0.25) is 4.79 Å². The Morgan fingerprint density at radius 1 is 1.29 bits per heavy atom. The lowest BCUT2D eigenvalue weighted by Crippen LogP contribution is -2.26. The normalized spacial score (nSPS) is 13.6. The first kappa shape index (κ1) is 13.8. The lowest BCUT2D eigenvalue weighted by molar-refractivity contribution is 0.102. The number of hydrogen-bond donors (Lipinski definition) is 2. The Hall–Kier alpha value is -2.20. The number of amides is 1. The fourth-order valence-corrected chi connectivity index (χ4v) is 2.83. The van der Waals surface area contributed by atoms with Gasteiger partial charge in [0.2, 0.25) is 0 Å². The van der Waals surface area contributed by atoms with Gasteiger partial charge in [0.15, 0.2) is 0 Å². The summed E-state index contributed by atoms with van der Waals surface area (Å²) in [6.07, 6.45) is 0.888. The summed E-state index contributed by atoms with van der Waals surface area (Å²) in [7, 11) is 0. The quantitative estimate of drug-likeness (QED) is 0.889. The highest BCUT2D eigenvalue weighted by molar-refractivity contribution is 6.05. The van der Waals surface area contributed by atoms with Crippen molar-refractivity contribution in [3.63, 3.8) is 0 Å². The number of carbonyl (C=O) groups excluding carboxylic acids is 1. The Morgan fingerprint density at radius 2 is 2.14 bits per heavy atom. The van der Waals surface area contributed by atoms with Crippen molar-refractivity contribution >= 4 is 11.7 Å². The highest BCUT2D eigenvalue weighted by Gasteiger charge is 2.17. The summed E-state index contributed by atoms with van der Waals surface area (Å²) in [4.78, 5) is 16.9. The summed E-state index contributed by atoms with van der Waals surface area (Å²) in [5, 5.41) is 6.25.